The van der Waals surface area contributed by atoms with E-state index in [-0.39, 0.29) is 35.6 Å². The van der Waals surface area contributed by atoms with Crippen LogP contribution in [0.2, 0.25) is 0 Å². The molecule has 6 fully saturated rings. The van der Waals surface area contributed by atoms with Gasteiger partial charge in [0.25, 0.3) is 0 Å². The Labute approximate surface area is 332 Å². The topological polar surface area (TPSA) is 111 Å². The first-order chi connectivity index (χ1) is 26.7. The number of aromatic nitrogens is 4. The van der Waals surface area contributed by atoms with Crippen molar-refractivity contribution < 1.29 is 17.7 Å². The van der Waals surface area contributed by atoms with E-state index in [0.717, 1.165) is 99.4 Å². The van der Waals surface area contributed by atoms with Crippen molar-refractivity contribution in [2.75, 3.05) is 43.9 Å². The third-order valence-electron chi connectivity index (χ3n) is 16.3. The van der Waals surface area contributed by atoms with Gasteiger partial charge in [0.2, 0.25) is 5.92 Å². The maximum absolute atomic E-state index is 14.4. The SMILES string of the molecule is C[C@@H]1CN(CCCCCO[C@H]2CC[C@H]3[C@@H]4CC[C@H]5CC(F)(F)CC[C@]5(C)[C@H]4CC[C@]23C)CCN1c1cc(C2([S@](C)(=N)=O)CC2)nc(-c2ccnc3[nH]ccc23)n1. The van der Waals surface area contributed by atoms with E-state index in [1.807, 2.05) is 24.4 Å². The third kappa shape index (κ3) is 6.69. The van der Waals surface area contributed by atoms with Gasteiger partial charge in [-0.05, 0) is 137 Å². The Morgan fingerprint density at radius 2 is 1.79 bits per heavy atom. The van der Waals surface area contributed by atoms with Crippen LogP contribution in [-0.2, 0) is 19.2 Å². The second-order valence-electron chi connectivity index (χ2n) is 19.5. The first-order valence-corrected chi connectivity index (χ1v) is 23.7. The number of hydrogen-bond acceptors (Lipinski definition) is 8. The number of pyridine rings is 1. The molecule has 1 aliphatic heterocycles. The molecule has 2 N–H and O–H groups in total. The molecular weight excluding hydrogens is 729 g/mol. The van der Waals surface area contributed by atoms with Gasteiger partial charge in [-0.3, -0.25) is 9.68 Å². The summed E-state index contributed by atoms with van der Waals surface area (Å²) >= 11 is 0. The average molecular weight is 792 g/mol. The molecule has 0 spiro atoms. The lowest BCUT2D eigenvalue weighted by atomic mass is 9.45. The Balaban J connectivity index is 0.773. The fourth-order valence-electron chi connectivity index (χ4n) is 12.9. The molecule has 6 aliphatic rings. The average Bonchev–Trinajstić information content (AvgIpc) is 3.74. The van der Waals surface area contributed by atoms with Gasteiger partial charge in [0.1, 0.15) is 11.5 Å². The van der Waals surface area contributed by atoms with Gasteiger partial charge < -0.3 is 14.6 Å². The number of aromatic amines is 1. The fourth-order valence-corrected chi connectivity index (χ4v) is 14.3. The van der Waals surface area contributed by atoms with Crippen molar-refractivity contribution in [1.29, 1.82) is 4.78 Å². The van der Waals surface area contributed by atoms with Gasteiger partial charge in [-0.1, -0.05) is 13.8 Å². The predicted molar refractivity (Wildman–Crippen MR) is 218 cm³/mol. The fraction of sp³-hybridized carbons (Fsp3) is 0.750. The number of nitrogens with zero attached hydrogens (tertiary/aromatic N) is 5. The molecule has 9 nitrogen and oxygen atoms in total. The molecule has 0 bridgehead atoms. The second kappa shape index (κ2) is 14.2. The smallest absolute Gasteiger partial charge is 0.248 e. The van der Waals surface area contributed by atoms with E-state index < -0.39 is 20.4 Å². The van der Waals surface area contributed by atoms with E-state index in [0.29, 0.717) is 48.9 Å². The van der Waals surface area contributed by atoms with Crippen LogP contribution >= 0.6 is 0 Å². The number of anilines is 1. The van der Waals surface area contributed by atoms with Crippen molar-refractivity contribution in [2.45, 2.75) is 133 Å². The van der Waals surface area contributed by atoms with Crippen LogP contribution in [0.15, 0.2) is 30.6 Å². The molecule has 0 radical (unpaired) electrons. The number of H-pyrrole nitrogens is 1. The van der Waals surface area contributed by atoms with Gasteiger partial charge in [-0.2, -0.15) is 0 Å². The number of halogens is 2. The zero-order valence-corrected chi connectivity index (χ0v) is 34.8. The number of hydrogen-bond donors (Lipinski definition) is 2. The predicted octanol–water partition coefficient (Wildman–Crippen LogP) is 9.43. The Hall–Kier alpha value is -2.70. The number of piperazine rings is 1. The molecule has 12 heteroatoms. The van der Waals surface area contributed by atoms with Crippen molar-refractivity contribution in [3.63, 3.8) is 0 Å². The summed E-state index contributed by atoms with van der Waals surface area (Å²) in [7, 11) is -2.85. The lowest BCUT2D eigenvalue weighted by Crippen LogP contribution is -2.55. The molecule has 9 atom stereocenters. The zero-order valence-electron chi connectivity index (χ0n) is 34.0. The van der Waals surface area contributed by atoms with Crippen molar-refractivity contribution in [3.05, 3.63) is 36.3 Å². The summed E-state index contributed by atoms with van der Waals surface area (Å²) < 4.78 is 56.6. The molecular formula is C44H63F2N7O2S. The highest BCUT2D eigenvalue weighted by Crippen LogP contribution is 2.67. The molecule has 4 heterocycles. The largest absolute Gasteiger partial charge is 0.378 e. The first kappa shape index (κ1) is 38.8. The number of alkyl halides is 2. The minimum atomic E-state index is -2.85. The lowest BCUT2D eigenvalue weighted by Gasteiger charge is -2.61. The molecule has 306 valence electrons. The number of rotatable bonds is 11. The highest BCUT2D eigenvalue weighted by Gasteiger charge is 2.62. The Bertz CT molecular complexity index is 2040. The summed E-state index contributed by atoms with van der Waals surface area (Å²) in [5, 5.41) is 0.949. The van der Waals surface area contributed by atoms with Crippen molar-refractivity contribution in [1.82, 2.24) is 24.8 Å². The molecule has 56 heavy (non-hydrogen) atoms. The monoisotopic (exact) mass is 791 g/mol. The number of unbranched alkanes of at least 4 members (excludes halogenated alkanes) is 2. The molecule has 9 rings (SSSR count). The first-order valence-electron chi connectivity index (χ1n) is 21.7. The van der Waals surface area contributed by atoms with E-state index >= 15 is 0 Å². The van der Waals surface area contributed by atoms with E-state index in [2.05, 4.69) is 40.5 Å². The number of fused-ring (bicyclic) bond motifs is 6. The summed E-state index contributed by atoms with van der Waals surface area (Å²) in [5.41, 5.74) is 2.72. The molecule has 3 aromatic rings. The Kier molecular flexibility index (Phi) is 9.87. The lowest BCUT2D eigenvalue weighted by molar-refractivity contribution is -0.169. The molecule has 3 aromatic heterocycles. The number of ether oxygens (including phenoxy) is 1. The van der Waals surface area contributed by atoms with Crippen molar-refractivity contribution in [3.8, 4) is 11.4 Å². The normalized spacial score (nSPS) is 36.1. The highest BCUT2D eigenvalue weighted by molar-refractivity contribution is 7.93. The molecule has 5 saturated carbocycles. The van der Waals surface area contributed by atoms with Gasteiger partial charge in [0.05, 0.1) is 26.3 Å². The van der Waals surface area contributed by atoms with E-state index in [4.69, 9.17) is 19.5 Å². The maximum Gasteiger partial charge on any atom is 0.248 e. The molecule has 5 aliphatic carbocycles. The quantitative estimate of drug-likeness (QED) is 0.186. The molecule has 0 aromatic carbocycles. The van der Waals surface area contributed by atoms with Crippen LogP contribution in [-0.4, -0.2) is 86.2 Å². The summed E-state index contributed by atoms with van der Waals surface area (Å²) in [6.45, 7) is 11.8. The van der Waals surface area contributed by atoms with Gasteiger partial charge in [-0.25, -0.2) is 27.9 Å². The highest BCUT2D eigenvalue weighted by atomic mass is 32.2. The van der Waals surface area contributed by atoms with E-state index in [9.17, 15) is 13.0 Å². The maximum atomic E-state index is 14.4. The van der Waals surface area contributed by atoms with Crippen LogP contribution in [0.1, 0.15) is 116 Å². The minimum Gasteiger partial charge on any atom is -0.378 e. The van der Waals surface area contributed by atoms with Crippen LogP contribution in [0.5, 0.6) is 0 Å². The Morgan fingerprint density at radius 1 is 0.964 bits per heavy atom. The second-order valence-corrected chi connectivity index (χ2v) is 21.9. The van der Waals surface area contributed by atoms with Gasteiger partial charge in [-0.15, -0.1) is 0 Å². The summed E-state index contributed by atoms with van der Waals surface area (Å²) in [6.07, 6.45) is 18.1. The van der Waals surface area contributed by atoms with Crippen LogP contribution in [0.4, 0.5) is 14.6 Å². The van der Waals surface area contributed by atoms with Crippen LogP contribution in [0, 0.1) is 39.3 Å². The number of nitrogens with one attached hydrogen (secondary N) is 2. The van der Waals surface area contributed by atoms with Crippen molar-refractivity contribution in [2.24, 2.45) is 34.5 Å². The van der Waals surface area contributed by atoms with Crippen LogP contribution in [0.25, 0.3) is 22.4 Å². The standard InChI is InChI=1S/C44H63F2N7O2S/c1-29-28-52(23-24-53(29)38-26-36(43(17-18-43)56(4,47)54)50-40(51-38)32-14-21-49-39-31(32)13-20-48-39)22-6-5-7-25-55-37-11-10-34-33-9-8-30-27-44(45,46)19-16-41(30,2)35(33)12-15-42(34,37)3/h13-14,20-21,26,29-30,33-35,37,47H,5-12,15-19,22-25,27-28H2,1-4H3,(H,48,49)/t29-,30+,33+,34+,35+,37+,41+,42+,56-/m1/s1. The summed E-state index contributed by atoms with van der Waals surface area (Å²) in [6, 6.07) is 6.20. The van der Waals surface area contributed by atoms with Crippen molar-refractivity contribution >= 4 is 26.6 Å². The molecule has 0 unspecified atom stereocenters. The van der Waals surface area contributed by atoms with Gasteiger partial charge >= 0.3 is 0 Å². The van der Waals surface area contributed by atoms with E-state index in [1.165, 1.54) is 19.3 Å². The molecule has 0 amide bonds. The van der Waals surface area contributed by atoms with Gasteiger partial charge in [0.15, 0.2) is 5.82 Å². The summed E-state index contributed by atoms with van der Waals surface area (Å²) in [4.78, 5) is 22.7. The van der Waals surface area contributed by atoms with Gasteiger partial charge in [0, 0.05) is 80.8 Å². The van der Waals surface area contributed by atoms with E-state index in [1.54, 1.807) is 12.5 Å². The Morgan fingerprint density at radius 3 is 2.57 bits per heavy atom. The zero-order chi connectivity index (χ0) is 39.1. The summed E-state index contributed by atoms with van der Waals surface area (Å²) in [5.74, 6) is 1.15. The van der Waals surface area contributed by atoms with Crippen LogP contribution in [0.3, 0.4) is 0 Å². The third-order valence-corrected chi connectivity index (χ3v) is 18.4. The minimum absolute atomic E-state index is 0.0846. The molecule has 1 saturated heterocycles. The van der Waals surface area contributed by atoms with Crippen LogP contribution < -0.4 is 4.90 Å².